The number of nitrogens with one attached hydrogen (secondary N) is 2. The molecule has 1 aliphatic rings. The Balaban J connectivity index is 1.86. The number of anilines is 1. The predicted molar refractivity (Wildman–Crippen MR) is 104 cm³/mol. The van der Waals surface area contributed by atoms with E-state index < -0.39 is 10.4 Å². The molecule has 8 nitrogen and oxygen atoms in total. The minimum Gasteiger partial charge on any atom is -0.499 e. The number of aromatic nitrogens is 3. The zero-order valence-electron chi connectivity index (χ0n) is 14.5. The van der Waals surface area contributed by atoms with Crippen molar-refractivity contribution in [1.82, 2.24) is 14.8 Å². The molecule has 0 spiro atoms. The fourth-order valence-electron chi connectivity index (χ4n) is 3.08. The predicted octanol–water partition coefficient (Wildman–Crippen LogP) is 2.40. The van der Waals surface area contributed by atoms with Gasteiger partial charge >= 0.3 is 4.87 Å². The van der Waals surface area contributed by atoms with Gasteiger partial charge in [0.15, 0.2) is 5.06 Å². The molecule has 0 bridgehead atoms. The van der Waals surface area contributed by atoms with Crippen LogP contribution in [0.1, 0.15) is 30.5 Å². The third-order valence-electron chi connectivity index (χ3n) is 4.40. The second-order valence-electron chi connectivity index (χ2n) is 6.13. The smallest absolute Gasteiger partial charge is 0.310 e. The summed E-state index contributed by atoms with van der Waals surface area (Å²) in [7, 11) is 0. The fraction of sp³-hybridized carbons (Fsp3) is 0.222. The summed E-state index contributed by atoms with van der Waals surface area (Å²) in [5.41, 5.74) is 2.23. The maximum atomic E-state index is 12.4. The molecule has 2 aromatic heterocycles. The number of aliphatic imine (C=N–C) groups is 1. The Hall–Kier alpha value is -3.20. The summed E-state index contributed by atoms with van der Waals surface area (Å²) in [5, 5.41) is 17.7. The van der Waals surface area contributed by atoms with Gasteiger partial charge in [0.05, 0.1) is 29.3 Å². The van der Waals surface area contributed by atoms with Crippen LogP contribution in [0.25, 0.3) is 0 Å². The Morgan fingerprint density at radius 1 is 1.33 bits per heavy atom. The van der Waals surface area contributed by atoms with E-state index in [0.29, 0.717) is 29.2 Å². The van der Waals surface area contributed by atoms with Gasteiger partial charge in [-0.05, 0) is 30.4 Å². The van der Waals surface area contributed by atoms with Crippen molar-refractivity contribution in [2.45, 2.75) is 25.9 Å². The standard InChI is InChI=1S/C18H17N5O3S/c1-2-23-9-10(8-19-23)13-7-14(15-16(24)22-18(26)27-17(15)25)21-12-6-4-3-5-11(12)20-13/h3-6,8-9,13,20,25H,2,7H2,1H3,(H,22,24,26)/t13-/m0/s1. The minimum absolute atomic E-state index is 0.0333. The molecule has 3 aromatic rings. The largest absolute Gasteiger partial charge is 0.499 e. The molecule has 27 heavy (non-hydrogen) atoms. The van der Waals surface area contributed by atoms with E-state index in [0.717, 1.165) is 17.8 Å². The second-order valence-corrected chi connectivity index (χ2v) is 7.09. The molecule has 3 heterocycles. The normalized spacial score (nSPS) is 16.2. The number of hydrogen-bond acceptors (Lipinski definition) is 7. The van der Waals surface area contributed by atoms with Crippen LogP contribution < -0.4 is 15.7 Å². The Morgan fingerprint density at radius 2 is 2.15 bits per heavy atom. The summed E-state index contributed by atoms with van der Waals surface area (Å²) in [4.78, 5) is 30.1. The number of aromatic hydroxyl groups is 1. The molecule has 1 aliphatic heterocycles. The van der Waals surface area contributed by atoms with Crippen molar-refractivity contribution in [1.29, 1.82) is 0 Å². The number of benzene rings is 1. The number of H-pyrrole nitrogens is 1. The van der Waals surface area contributed by atoms with Crippen LogP contribution in [0.4, 0.5) is 11.4 Å². The number of para-hydroxylation sites is 2. The first-order chi connectivity index (χ1) is 13.0. The van der Waals surface area contributed by atoms with Crippen LogP contribution in [-0.2, 0) is 6.54 Å². The van der Waals surface area contributed by atoms with Crippen LogP contribution in [-0.4, -0.2) is 25.6 Å². The van der Waals surface area contributed by atoms with E-state index in [9.17, 15) is 14.7 Å². The highest BCUT2D eigenvalue weighted by Gasteiger charge is 2.25. The van der Waals surface area contributed by atoms with Gasteiger partial charge in [0, 0.05) is 24.7 Å². The zero-order valence-corrected chi connectivity index (χ0v) is 15.3. The summed E-state index contributed by atoms with van der Waals surface area (Å²) in [6.07, 6.45) is 4.07. The summed E-state index contributed by atoms with van der Waals surface area (Å²) >= 11 is 0.586. The molecule has 0 fully saturated rings. The fourth-order valence-corrected chi connectivity index (χ4v) is 3.71. The van der Waals surface area contributed by atoms with Gasteiger partial charge in [0.2, 0.25) is 0 Å². The van der Waals surface area contributed by atoms with Crippen LogP contribution in [0.15, 0.2) is 51.2 Å². The van der Waals surface area contributed by atoms with E-state index in [1.807, 2.05) is 42.1 Å². The van der Waals surface area contributed by atoms with Crippen LogP contribution in [0.2, 0.25) is 0 Å². The van der Waals surface area contributed by atoms with Gasteiger partial charge in [-0.2, -0.15) is 5.10 Å². The van der Waals surface area contributed by atoms with Crippen LogP contribution >= 0.6 is 11.3 Å². The molecule has 0 saturated heterocycles. The second kappa shape index (κ2) is 6.84. The molecular weight excluding hydrogens is 366 g/mol. The average Bonchev–Trinajstić information content (AvgIpc) is 3.02. The van der Waals surface area contributed by atoms with E-state index in [4.69, 9.17) is 0 Å². The molecule has 3 N–H and O–H groups in total. The van der Waals surface area contributed by atoms with Gasteiger partial charge in [0.25, 0.3) is 5.56 Å². The van der Waals surface area contributed by atoms with Gasteiger partial charge in [-0.3, -0.25) is 24.2 Å². The molecule has 0 radical (unpaired) electrons. The van der Waals surface area contributed by atoms with E-state index in [-0.39, 0.29) is 16.7 Å². The van der Waals surface area contributed by atoms with Crippen molar-refractivity contribution in [3.63, 3.8) is 0 Å². The Kier molecular flexibility index (Phi) is 4.36. The number of aromatic amines is 1. The Labute approximate surface area is 157 Å². The number of rotatable bonds is 3. The van der Waals surface area contributed by atoms with Crippen molar-refractivity contribution >= 4 is 28.4 Å². The van der Waals surface area contributed by atoms with E-state index in [2.05, 4.69) is 20.4 Å². The molecule has 0 aliphatic carbocycles. The highest BCUT2D eigenvalue weighted by molar-refractivity contribution is 7.11. The van der Waals surface area contributed by atoms with Gasteiger partial charge in [-0.25, -0.2) is 0 Å². The van der Waals surface area contributed by atoms with Gasteiger partial charge < -0.3 is 10.4 Å². The number of aryl methyl sites for hydroxylation is 1. The van der Waals surface area contributed by atoms with Crippen LogP contribution in [0.3, 0.4) is 0 Å². The van der Waals surface area contributed by atoms with Gasteiger partial charge in [0.1, 0.15) is 5.56 Å². The molecule has 0 amide bonds. The lowest BCUT2D eigenvalue weighted by Crippen LogP contribution is -2.25. The summed E-state index contributed by atoms with van der Waals surface area (Å²) in [6, 6.07) is 7.30. The van der Waals surface area contributed by atoms with Crippen molar-refractivity contribution < 1.29 is 5.11 Å². The van der Waals surface area contributed by atoms with Crippen molar-refractivity contribution in [3.05, 3.63) is 67.8 Å². The lowest BCUT2D eigenvalue weighted by molar-refractivity contribution is 0.487. The van der Waals surface area contributed by atoms with Crippen LogP contribution in [0, 0.1) is 0 Å². The maximum absolute atomic E-state index is 12.4. The zero-order chi connectivity index (χ0) is 19.0. The lowest BCUT2D eigenvalue weighted by atomic mass is 10.0. The van der Waals surface area contributed by atoms with E-state index >= 15 is 0 Å². The third kappa shape index (κ3) is 3.28. The molecular formula is C18H17N5O3S. The Bertz CT molecular complexity index is 1140. The molecule has 1 atom stereocenters. The maximum Gasteiger partial charge on any atom is 0.310 e. The van der Waals surface area contributed by atoms with Crippen molar-refractivity contribution in [2.24, 2.45) is 4.99 Å². The number of hydrogen-bond donors (Lipinski definition) is 3. The van der Waals surface area contributed by atoms with Crippen molar-refractivity contribution in [2.75, 3.05) is 5.32 Å². The SMILES string of the molecule is CCn1cc([C@@H]2CC(c3c(O)sc(=O)[nH]c3=O)=Nc3ccccc3N2)cn1. The summed E-state index contributed by atoms with van der Waals surface area (Å²) < 4.78 is 1.82. The quantitative estimate of drug-likeness (QED) is 0.643. The highest BCUT2D eigenvalue weighted by atomic mass is 32.1. The Morgan fingerprint density at radius 3 is 2.89 bits per heavy atom. The molecule has 4 rings (SSSR count). The lowest BCUT2D eigenvalue weighted by Gasteiger charge is -2.17. The topological polar surface area (TPSA) is 112 Å². The van der Waals surface area contributed by atoms with Crippen LogP contribution in [0.5, 0.6) is 5.06 Å². The van der Waals surface area contributed by atoms with E-state index in [1.54, 1.807) is 6.20 Å². The molecule has 1 aromatic carbocycles. The van der Waals surface area contributed by atoms with E-state index in [1.165, 1.54) is 0 Å². The molecule has 9 heteroatoms. The minimum atomic E-state index is -0.641. The third-order valence-corrected chi connectivity index (χ3v) is 5.09. The molecule has 138 valence electrons. The average molecular weight is 383 g/mol. The molecule has 0 unspecified atom stereocenters. The monoisotopic (exact) mass is 383 g/mol. The van der Waals surface area contributed by atoms with Gasteiger partial charge in [-0.15, -0.1) is 0 Å². The summed E-state index contributed by atoms with van der Waals surface area (Å²) in [6.45, 7) is 2.75. The first-order valence-electron chi connectivity index (χ1n) is 8.47. The molecule has 0 saturated carbocycles. The van der Waals surface area contributed by atoms with Crippen molar-refractivity contribution in [3.8, 4) is 5.06 Å². The number of fused-ring (bicyclic) bond motifs is 1. The first kappa shape index (κ1) is 17.2. The number of nitrogens with zero attached hydrogens (tertiary/aromatic N) is 3. The summed E-state index contributed by atoms with van der Waals surface area (Å²) in [5.74, 6) is 0. The van der Waals surface area contributed by atoms with Gasteiger partial charge in [-0.1, -0.05) is 12.1 Å². The highest BCUT2D eigenvalue weighted by Crippen LogP contribution is 2.36. The first-order valence-corrected chi connectivity index (χ1v) is 9.29.